The van der Waals surface area contributed by atoms with E-state index in [-0.39, 0.29) is 0 Å². The number of hydrogen-bond acceptors (Lipinski definition) is 3. The number of nitrogens with zero attached hydrogens (tertiary/aromatic N) is 3. The molecule has 1 heterocycles. The molecule has 0 fully saturated rings. The first kappa shape index (κ1) is 13.3. The summed E-state index contributed by atoms with van der Waals surface area (Å²) < 4.78 is 1.94. The molecule has 0 aliphatic carbocycles. The topological polar surface area (TPSA) is 53.6 Å². The van der Waals surface area contributed by atoms with Crippen LogP contribution >= 0.6 is 0 Å². The van der Waals surface area contributed by atoms with Gasteiger partial charge in [-0.05, 0) is 49.2 Å². The molecule has 1 N–H and O–H groups in total. The van der Waals surface area contributed by atoms with Gasteiger partial charge in [-0.25, -0.2) is 0 Å². The normalized spacial score (nSPS) is 10.3. The molecule has 1 aromatic carbocycles. The summed E-state index contributed by atoms with van der Waals surface area (Å²) >= 11 is 0. The number of benzene rings is 1. The maximum atomic E-state index is 8.82. The highest BCUT2D eigenvalue weighted by Crippen LogP contribution is 2.10. The minimum atomic E-state index is 0.722. The Morgan fingerprint density at radius 1 is 1.42 bits per heavy atom. The van der Waals surface area contributed by atoms with Gasteiger partial charge in [0.05, 0.1) is 11.6 Å². The van der Waals surface area contributed by atoms with E-state index < -0.39 is 0 Å². The van der Waals surface area contributed by atoms with Crippen LogP contribution in [-0.2, 0) is 13.1 Å². The molecule has 0 atom stereocenters. The van der Waals surface area contributed by atoms with Crippen molar-refractivity contribution >= 4 is 0 Å². The molecule has 0 radical (unpaired) electrons. The standard InChI is InChI=1S/C15H18N4/c1-13-10-14(11-16)4-5-15(13)12-17-6-2-8-19-9-3-7-18-19/h3-5,7,9-10,17H,2,6,8,12H2,1H3. The van der Waals surface area contributed by atoms with Gasteiger partial charge < -0.3 is 5.32 Å². The zero-order chi connectivity index (χ0) is 13.5. The molecule has 0 saturated heterocycles. The van der Waals surface area contributed by atoms with E-state index in [2.05, 4.69) is 16.5 Å². The first-order valence-corrected chi connectivity index (χ1v) is 6.47. The molecule has 1 aromatic heterocycles. The number of rotatable bonds is 6. The largest absolute Gasteiger partial charge is 0.313 e. The van der Waals surface area contributed by atoms with Gasteiger partial charge in [-0.2, -0.15) is 10.4 Å². The van der Waals surface area contributed by atoms with Gasteiger partial charge >= 0.3 is 0 Å². The fourth-order valence-electron chi connectivity index (χ4n) is 1.99. The van der Waals surface area contributed by atoms with Crippen molar-refractivity contribution in [3.05, 3.63) is 53.3 Å². The number of aryl methyl sites for hydroxylation is 2. The second-order valence-corrected chi connectivity index (χ2v) is 4.55. The lowest BCUT2D eigenvalue weighted by molar-refractivity contribution is 0.543. The summed E-state index contributed by atoms with van der Waals surface area (Å²) in [5.41, 5.74) is 3.14. The molecule has 2 aromatic rings. The molecule has 4 heteroatoms. The molecule has 0 spiro atoms. The van der Waals surface area contributed by atoms with Crippen LogP contribution in [0.1, 0.15) is 23.1 Å². The highest BCUT2D eigenvalue weighted by molar-refractivity contribution is 5.37. The second-order valence-electron chi connectivity index (χ2n) is 4.55. The third-order valence-corrected chi connectivity index (χ3v) is 3.09. The molecule has 0 aliphatic rings. The van der Waals surface area contributed by atoms with Crippen LogP contribution in [0.25, 0.3) is 0 Å². The Morgan fingerprint density at radius 2 is 2.32 bits per heavy atom. The van der Waals surface area contributed by atoms with E-state index in [9.17, 15) is 0 Å². The predicted octanol–water partition coefficient (Wildman–Crippen LogP) is 2.24. The Morgan fingerprint density at radius 3 is 3.00 bits per heavy atom. The summed E-state index contributed by atoms with van der Waals surface area (Å²) in [4.78, 5) is 0. The molecular weight excluding hydrogens is 236 g/mol. The average molecular weight is 254 g/mol. The van der Waals surface area contributed by atoms with Gasteiger partial charge in [0.15, 0.2) is 0 Å². The minimum Gasteiger partial charge on any atom is -0.313 e. The zero-order valence-corrected chi connectivity index (χ0v) is 11.1. The monoisotopic (exact) mass is 254 g/mol. The lowest BCUT2D eigenvalue weighted by atomic mass is 10.1. The molecule has 0 aliphatic heterocycles. The summed E-state index contributed by atoms with van der Waals surface area (Å²) in [6.07, 6.45) is 4.83. The summed E-state index contributed by atoms with van der Waals surface area (Å²) in [5.74, 6) is 0. The van der Waals surface area contributed by atoms with Gasteiger partial charge in [-0.3, -0.25) is 4.68 Å². The van der Waals surface area contributed by atoms with Crippen LogP contribution in [0.5, 0.6) is 0 Å². The smallest absolute Gasteiger partial charge is 0.0991 e. The molecule has 0 saturated carbocycles. The Kier molecular flexibility index (Phi) is 4.71. The fourth-order valence-corrected chi connectivity index (χ4v) is 1.99. The lowest BCUT2D eigenvalue weighted by Crippen LogP contribution is -2.17. The van der Waals surface area contributed by atoms with Crippen LogP contribution < -0.4 is 5.32 Å². The summed E-state index contributed by atoms with van der Waals surface area (Å²) in [6, 6.07) is 9.92. The van der Waals surface area contributed by atoms with E-state index in [1.165, 1.54) is 11.1 Å². The predicted molar refractivity (Wildman–Crippen MR) is 74.4 cm³/mol. The quantitative estimate of drug-likeness (QED) is 0.804. The van der Waals surface area contributed by atoms with Crippen LogP contribution in [0.2, 0.25) is 0 Å². The number of hydrogen-bond donors (Lipinski definition) is 1. The van der Waals surface area contributed by atoms with E-state index in [1.807, 2.05) is 42.1 Å². The third kappa shape index (κ3) is 3.94. The average Bonchev–Trinajstić information content (AvgIpc) is 2.93. The van der Waals surface area contributed by atoms with Crippen molar-refractivity contribution in [2.75, 3.05) is 6.54 Å². The first-order valence-electron chi connectivity index (χ1n) is 6.47. The van der Waals surface area contributed by atoms with E-state index in [4.69, 9.17) is 5.26 Å². The van der Waals surface area contributed by atoms with E-state index in [0.717, 1.165) is 31.6 Å². The first-order chi connectivity index (χ1) is 9.29. The van der Waals surface area contributed by atoms with Crippen molar-refractivity contribution in [2.45, 2.75) is 26.4 Å². The van der Waals surface area contributed by atoms with Gasteiger partial charge in [0.25, 0.3) is 0 Å². The zero-order valence-electron chi connectivity index (χ0n) is 11.1. The molecule has 19 heavy (non-hydrogen) atoms. The van der Waals surface area contributed by atoms with Crippen LogP contribution in [0.3, 0.4) is 0 Å². The Balaban J connectivity index is 1.72. The van der Waals surface area contributed by atoms with Crippen molar-refractivity contribution in [2.24, 2.45) is 0 Å². The van der Waals surface area contributed by atoms with Gasteiger partial charge in [0.2, 0.25) is 0 Å². The van der Waals surface area contributed by atoms with E-state index >= 15 is 0 Å². The van der Waals surface area contributed by atoms with Crippen LogP contribution in [0.15, 0.2) is 36.7 Å². The van der Waals surface area contributed by atoms with Crippen molar-refractivity contribution < 1.29 is 0 Å². The molecule has 0 bridgehead atoms. The summed E-state index contributed by atoms with van der Waals surface area (Å²) in [7, 11) is 0. The SMILES string of the molecule is Cc1cc(C#N)ccc1CNCCCn1cccn1. The highest BCUT2D eigenvalue weighted by atomic mass is 15.3. The molecule has 0 amide bonds. The second kappa shape index (κ2) is 6.72. The van der Waals surface area contributed by atoms with Crippen molar-refractivity contribution in [3.8, 4) is 6.07 Å². The van der Waals surface area contributed by atoms with Crippen molar-refractivity contribution in [1.82, 2.24) is 15.1 Å². The van der Waals surface area contributed by atoms with Gasteiger partial charge in [-0.15, -0.1) is 0 Å². The van der Waals surface area contributed by atoms with Crippen LogP contribution in [0.4, 0.5) is 0 Å². The third-order valence-electron chi connectivity index (χ3n) is 3.09. The summed E-state index contributed by atoms with van der Waals surface area (Å²) in [6.45, 7) is 4.78. The molecule has 4 nitrogen and oxygen atoms in total. The molecule has 98 valence electrons. The molecule has 0 unspecified atom stereocenters. The highest BCUT2D eigenvalue weighted by Gasteiger charge is 1.99. The molecular formula is C15H18N4. The Hall–Kier alpha value is -2.12. The van der Waals surface area contributed by atoms with Crippen molar-refractivity contribution in [1.29, 1.82) is 5.26 Å². The van der Waals surface area contributed by atoms with Crippen LogP contribution in [-0.4, -0.2) is 16.3 Å². The summed E-state index contributed by atoms with van der Waals surface area (Å²) in [5, 5.41) is 16.4. The van der Waals surface area contributed by atoms with Gasteiger partial charge in [-0.1, -0.05) is 6.07 Å². The minimum absolute atomic E-state index is 0.722. The number of nitrogens with one attached hydrogen (secondary N) is 1. The van der Waals surface area contributed by atoms with E-state index in [1.54, 1.807) is 6.20 Å². The fraction of sp³-hybridized carbons (Fsp3) is 0.333. The maximum absolute atomic E-state index is 8.82. The molecule has 2 rings (SSSR count). The number of nitriles is 1. The van der Waals surface area contributed by atoms with Gasteiger partial charge in [0.1, 0.15) is 0 Å². The number of aromatic nitrogens is 2. The lowest BCUT2D eigenvalue weighted by Gasteiger charge is -2.08. The van der Waals surface area contributed by atoms with Gasteiger partial charge in [0, 0.05) is 25.5 Å². The maximum Gasteiger partial charge on any atom is 0.0991 e. The Labute approximate surface area is 113 Å². The van der Waals surface area contributed by atoms with E-state index in [0.29, 0.717) is 0 Å². The van der Waals surface area contributed by atoms with Crippen molar-refractivity contribution in [3.63, 3.8) is 0 Å². The van der Waals surface area contributed by atoms with Crippen LogP contribution in [0, 0.1) is 18.3 Å². The Bertz CT molecular complexity index is 552.